The van der Waals surface area contributed by atoms with Gasteiger partial charge in [-0.3, -0.25) is 0 Å². The van der Waals surface area contributed by atoms with E-state index < -0.39 is 0 Å². The molecule has 1 rings (SSSR count). The summed E-state index contributed by atoms with van der Waals surface area (Å²) in [5, 5.41) is 12.5. The first-order valence-electron chi connectivity index (χ1n) is 5.92. The second-order valence-electron chi connectivity index (χ2n) is 4.68. The topological polar surface area (TPSA) is 45.4 Å². The Balaban J connectivity index is 2.59. The number of hydrogen-bond donors (Lipinski definition) is 2. The molecular formula is C13H23NO2. The van der Waals surface area contributed by atoms with Gasteiger partial charge in [0.1, 0.15) is 11.5 Å². The summed E-state index contributed by atoms with van der Waals surface area (Å²) in [6.07, 6.45) is 1.78. The van der Waals surface area contributed by atoms with Crippen LogP contribution in [0.25, 0.3) is 0 Å². The highest BCUT2D eigenvalue weighted by molar-refractivity contribution is 5.20. The van der Waals surface area contributed by atoms with E-state index in [1.54, 1.807) is 0 Å². The molecule has 3 heteroatoms. The van der Waals surface area contributed by atoms with Crippen molar-refractivity contribution in [3.8, 4) is 0 Å². The van der Waals surface area contributed by atoms with Crippen LogP contribution in [0.4, 0.5) is 0 Å². The quantitative estimate of drug-likeness (QED) is 0.782. The first-order chi connectivity index (χ1) is 7.50. The minimum Gasteiger partial charge on any atom is -0.466 e. The van der Waals surface area contributed by atoms with Crippen molar-refractivity contribution in [2.24, 2.45) is 0 Å². The fourth-order valence-electron chi connectivity index (χ4n) is 1.80. The molecule has 0 radical (unpaired) electrons. The SMILES string of the molecule is CCC(C)(CCO)NCc1cc(C)oc1C. The molecule has 0 aliphatic heterocycles. The standard InChI is InChI=1S/C13H23NO2/c1-5-13(4,6-7-15)14-9-12-8-10(2)16-11(12)3/h8,14-15H,5-7,9H2,1-4H3. The normalized spacial score (nSPS) is 15.1. The van der Waals surface area contributed by atoms with Crippen LogP contribution in [0.2, 0.25) is 0 Å². The minimum atomic E-state index is 0.00631. The highest BCUT2D eigenvalue weighted by atomic mass is 16.3. The number of aryl methyl sites for hydroxylation is 2. The van der Waals surface area contributed by atoms with Gasteiger partial charge >= 0.3 is 0 Å². The van der Waals surface area contributed by atoms with Crippen LogP contribution >= 0.6 is 0 Å². The Bertz CT molecular complexity index is 333. The van der Waals surface area contributed by atoms with Crippen LogP contribution in [0, 0.1) is 13.8 Å². The van der Waals surface area contributed by atoms with Crippen LogP contribution in [0.3, 0.4) is 0 Å². The maximum Gasteiger partial charge on any atom is 0.105 e. The largest absolute Gasteiger partial charge is 0.466 e. The molecule has 1 heterocycles. The summed E-state index contributed by atoms with van der Waals surface area (Å²) in [5.74, 6) is 1.93. The molecule has 1 unspecified atom stereocenters. The summed E-state index contributed by atoms with van der Waals surface area (Å²) in [5.41, 5.74) is 1.21. The number of furan rings is 1. The van der Waals surface area contributed by atoms with Crippen molar-refractivity contribution in [3.63, 3.8) is 0 Å². The fraction of sp³-hybridized carbons (Fsp3) is 0.692. The Labute approximate surface area is 97.9 Å². The van der Waals surface area contributed by atoms with Crippen molar-refractivity contribution in [2.75, 3.05) is 6.61 Å². The summed E-state index contributed by atoms with van der Waals surface area (Å²) in [7, 11) is 0. The highest BCUT2D eigenvalue weighted by Gasteiger charge is 2.20. The molecule has 2 N–H and O–H groups in total. The van der Waals surface area contributed by atoms with Crippen molar-refractivity contribution in [1.82, 2.24) is 5.32 Å². The zero-order valence-electron chi connectivity index (χ0n) is 10.8. The first-order valence-corrected chi connectivity index (χ1v) is 5.92. The maximum atomic E-state index is 9.03. The van der Waals surface area contributed by atoms with Gasteiger partial charge in [0.15, 0.2) is 0 Å². The summed E-state index contributed by atoms with van der Waals surface area (Å²) in [6, 6.07) is 2.07. The molecule has 0 spiro atoms. The van der Waals surface area contributed by atoms with E-state index in [1.165, 1.54) is 5.56 Å². The Hall–Kier alpha value is -0.800. The Kier molecular flexibility index (Phi) is 4.56. The molecule has 0 aromatic carbocycles. The third kappa shape index (κ3) is 3.35. The third-order valence-corrected chi connectivity index (χ3v) is 3.29. The second kappa shape index (κ2) is 5.51. The van der Waals surface area contributed by atoms with E-state index in [4.69, 9.17) is 9.52 Å². The average molecular weight is 225 g/mol. The lowest BCUT2D eigenvalue weighted by molar-refractivity contribution is 0.214. The molecule has 0 saturated heterocycles. The molecule has 0 aliphatic rings. The molecule has 92 valence electrons. The lowest BCUT2D eigenvalue weighted by Gasteiger charge is -2.29. The van der Waals surface area contributed by atoms with Crippen LogP contribution in [-0.2, 0) is 6.54 Å². The molecule has 16 heavy (non-hydrogen) atoms. The van der Waals surface area contributed by atoms with Gasteiger partial charge in [-0.15, -0.1) is 0 Å². The Morgan fingerprint density at radius 3 is 2.56 bits per heavy atom. The molecule has 0 amide bonds. The van der Waals surface area contributed by atoms with Gasteiger partial charge in [0.05, 0.1) is 0 Å². The van der Waals surface area contributed by atoms with Gasteiger partial charge in [0.25, 0.3) is 0 Å². The summed E-state index contributed by atoms with van der Waals surface area (Å²) >= 11 is 0. The van der Waals surface area contributed by atoms with Gasteiger partial charge in [-0.25, -0.2) is 0 Å². The number of rotatable bonds is 6. The number of hydrogen-bond acceptors (Lipinski definition) is 3. The number of aliphatic hydroxyl groups is 1. The van der Waals surface area contributed by atoms with Gasteiger partial charge in [-0.2, -0.15) is 0 Å². The molecule has 0 bridgehead atoms. The maximum absolute atomic E-state index is 9.03. The predicted molar refractivity (Wildman–Crippen MR) is 65.4 cm³/mol. The predicted octanol–water partition coefficient (Wildman–Crippen LogP) is 2.54. The Morgan fingerprint density at radius 1 is 1.44 bits per heavy atom. The number of aliphatic hydroxyl groups excluding tert-OH is 1. The monoisotopic (exact) mass is 225 g/mol. The van der Waals surface area contributed by atoms with Gasteiger partial charge in [-0.1, -0.05) is 6.92 Å². The molecule has 1 atom stereocenters. The summed E-state index contributed by atoms with van der Waals surface area (Å²) in [4.78, 5) is 0. The van der Waals surface area contributed by atoms with E-state index in [9.17, 15) is 0 Å². The van der Waals surface area contributed by atoms with Crippen molar-refractivity contribution in [1.29, 1.82) is 0 Å². The van der Waals surface area contributed by atoms with Crippen molar-refractivity contribution in [3.05, 3.63) is 23.2 Å². The van der Waals surface area contributed by atoms with Crippen LogP contribution in [0.5, 0.6) is 0 Å². The minimum absolute atomic E-state index is 0.00631. The molecule has 0 aliphatic carbocycles. The van der Waals surface area contributed by atoms with E-state index >= 15 is 0 Å². The van der Waals surface area contributed by atoms with E-state index in [0.29, 0.717) is 0 Å². The third-order valence-electron chi connectivity index (χ3n) is 3.29. The molecule has 1 aromatic heterocycles. The molecule has 1 aromatic rings. The first kappa shape index (κ1) is 13.3. The van der Waals surface area contributed by atoms with E-state index in [1.807, 2.05) is 13.8 Å². The van der Waals surface area contributed by atoms with Gasteiger partial charge < -0.3 is 14.8 Å². The van der Waals surface area contributed by atoms with Crippen LogP contribution in [0.15, 0.2) is 10.5 Å². The Morgan fingerprint density at radius 2 is 2.12 bits per heavy atom. The highest BCUT2D eigenvalue weighted by Crippen LogP contribution is 2.18. The molecule has 3 nitrogen and oxygen atoms in total. The van der Waals surface area contributed by atoms with Crippen molar-refractivity contribution >= 4 is 0 Å². The lowest BCUT2D eigenvalue weighted by Crippen LogP contribution is -2.42. The van der Waals surface area contributed by atoms with Gasteiger partial charge in [-0.05, 0) is 39.7 Å². The molecule has 0 fully saturated rings. The molecular weight excluding hydrogens is 202 g/mol. The number of nitrogens with one attached hydrogen (secondary N) is 1. The van der Waals surface area contributed by atoms with E-state index in [-0.39, 0.29) is 12.1 Å². The second-order valence-corrected chi connectivity index (χ2v) is 4.68. The zero-order valence-corrected chi connectivity index (χ0v) is 10.8. The summed E-state index contributed by atoms with van der Waals surface area (Å²) < 4.78 is 5.48. The smallest absolute Gasteiger partial charge is 0.105 e. The van der Waals surface area contributed by atoms with Gasteiger partial charge in [0, 0.05) is 24.3 Å². The average Bonchev–Trinajstić information content (AvgIpc) is 2.55. The fourth-order valence-corrected chi connectivity index (χ4v) is 1.80. The lowest BCUT2D eigenvalue weighted by atomic mass is 9.94. The van der Waals surface area contributed by atoms with Gasteiger partial charge in [0.2, 0.25) is 0 Å². The van der Waals surface area contributed by atoms with Crippen molar-refractivity contribution < 1.29 is 9.52 Å². The van der Waals surface area contributed by atoms with Crippen LogP contribution in [-0.4, -0.2) is 17.3 Å². The van der Waals surface area contributed by atoms with Crippen LogP contribution < -0.4 is 5.32 Å². The zero-order chi connectivity index (χ0) is 12.2. The van der Waals surface area contributed by atoms with Crippen molar-refractivity contribution in [2.45, 2.75) is 52.6 Å². The summed E-state index contributed by atoms with van der Waals surface area (Å²) in [6.45, 7) is 9.25. The van der Waals surface area contributed by atoms with E-state index in [0.717, 1.165) is 30.9 Å². The van der Waals surface area contributed by atoms with E-state index in [2.05, 4.69) is 25.2 Å². The van der Waals surface area contributed by atoms with Crippen LogP contribution in [0.1, 0.15) is 43.8 Å². The molecule has 0 saturated carbocycles.